The van der Waals surface area contributed by atoms with Crippen molar-refractivity contribution in [2.75, 3.05) is 13.1 Å². The van der Waals surface area contributed by atoms with E-state index < -0.39 is 0 Å². The molecular weight excluding hydrogens is 256 g/mol. The van der Waals surface area contributed by atoms with Crippen LogP contribution >= 0.6 is 11.6 Å². The highest BCUT2D eigenvalue weighted by molar-refractivity contribution is 6.29. The molecule has 0 spiro atoms. The zero-order chi connectivity index (χ0) is 13.1. The van der Waals surface area contributed by atoms with Crippen molar-refractivity contribution >= 4 is 11.6 Å². The molecule has 0 bridgehead atoms. The first-order valence-electron chi connectivity index (χ1n) is 6.69. The minimum Gasteiger partial charge on any atom is -0.298 e. The zero-order valence-corrected chi connectivity index (χ0v) is 11.6. The van der Waals surface area contributed by atoms with Gasteiger partial charge in [0.05, 0.1) is 0 Å². The van der Waals surface area contributed by atoms with E-state index in [1.165, 1.54) is 17.5 Å². The lowest BCUT2D eigenvalue weighted by Gasteiger charge is -2.16. The average Bonchev–Trinajstić information content (AvgIpc) is 2.91. The first-order chi connectivity index (χ1) is 9.31. The van der Waals surface area contributed by atoms with Crippen molar-refractivity contribution < 1.29 is 0 Å². The summed E-state index contributed by atoms with van der Waals surface area (Å²) in [4.78, 5) is 6.63. The Balaban J connectivity index is 1.62. The maximum absolute atomic E-state index is 5.81. The van der Waals surface area contributed by atoms with Crippen molar-refractivity contribution in [3.05, 3.63) is 64.9 Å². The summed E-state index contributed by atoms with van der Waals surface area (Å²) >= 11 is 5.81. The van der Waals surface area contributed by atoms with E-state index in [9.17, 15) is 0 Å². The Hall–Kier alpha value is -1.38. The summed E-state index contributed by atoms with van der Waals surface area (Å²) < 4.78 is 0. The number of pyridine rings is 1. The van der Waals surface area contributed by atoms with Crippen LogP contribution in [-0.2, 0) is 6.54 Å². The summed E-state index contributed by atoms with van der Waals surface area (Å²) in [7, 11) is 0. The summed E-state index contributed by atoms with van der Waals surface area (Å²) in [5, 5.41) is 0.562. The lowest BCUT2D eigenvalue weighted by molar-refractivity contribution is 0.326. The molecule has 1 aliphatic rings. The summed E-state index contributed by atoms with van der Waals surface area (Å²) in [6, 6.07) is 14.7. The van der Waals surface area contributed by atoms with E-state index in [4.69, 9.17) is 11.6 Å². The normalized spacial score (nSPS) is 19.7. The molecule has 0 radical (unpaired) electrons. The SMILES string of the molecule is Clc1ccc(CN2CCC(c3ccccc3)C2)cn1. The van der Waals surface area contributed by atoms with Crippen molar-refractivity contribution in [1.29, 1.82) is 0 Å². The van der Waals surface area contributed by atoms with Crippen LogP contribution < -0.4 is 0 Å². The molecule has 98 valence electrons. The van der Waals surface area contributed by atoms with Crippen LogP contribution in [0.5, 0.6) is 0 Å². The molecule has 3 heteroatoms. The Morgan fingerprint density at radius 3 is 2.74 bits per heavy atom. The third-order valence-corrected chi connectivity index (χ3v) is 3.96. The van der Waals surface area contributed by atoms with Crippen molar-refractivity contribution in [3.63, 3.8) is 0 Å². The van der Waals surface area contributed by atoms with Gasteiger partial charge in [-0.3, -0.25) is 4.90 Å². The van der Waals surface area contributed by atoms with Crippen molar-refractivity contribution in [2.24, 2.45) is 0 Å². The molecule has 0 N–H and O–H groups in total. The molecule has 2 nitrogen and oxygen atoms in total. The van der Waals surface area contributed by atoms with Gasteiger partial charge in [0.15, 0.2) is 0 Å². The number of halogens is 1. The molecule has 3 rings (SSSR count). The lowest BCUT2D eigenvalue weighted by atomic mass is 9.99. The van der Waals surface area contributed by atoms with E-state index in [2.05, 4.69) is 46.3 Å². The Labute approximate surface area is 119 Å². The standard InChI is InChI=1S/C16H17ClN2/c17-16-7-6-13(10-18-16)11-19-9-8-15(12-19)14-4-2-1-3-5-14/h1-7,10,15H,8-9,11-12H2. The molecule has 2 aromatic rings. The van der Waals surface area contributed by atoms with Crippen LogP contribution in [0.2, 0.25) is 5.15 Å². The van der Waals surface area contributed by atoms with Crippen molar-refractivity contribution in [3.8, 4) is 0 Å². The molecule has 1 aromatic heterocycles. The quantitative estimate of drug-likeness (QED) is 0.792. The van der Waals surface area contributed by atoms with Crippen molar-refractivity contribution in [2.45, 2.75) is 18.9 Å². The highest BCUT2D eigenvalue weighted by Gasteiger charge is 2.23. The molecule has 1 aliphatic heterocycles. The van der Waals surface area contributed by atoms with Gasteiger partial charge >= 0.3 is 0 Å². The van der Waals surface area contributed by atoms with Crippen LogP contribution in [0.3, 0.4) is 0 Å². The second-order valence-electron chi connectivity index (χ2n) is 5.12. The van der Waals surface area contributed by atoms with Gasteiger partial charge in [-0.15, -0.1) is 0 Å². The van der Waals surface area contributed by atoms with Crippen LogP contribution in [-0.4, -0.2) is 23.0 Å². The highest BCUT2D eigenvalue weighted by atomic mass is 35.5. The Morgan fingerprint density at radius 2 is 2.00 bits per heavy atom. The number of aromatic nitrogens is 1. The van der Waals surface area contributed by atoms with E-state index in [-0.39, 0.29) is 0 Å². The van der Waals surface area contributed by atoms with E-state index >= 15 is 0 Å². The van der Waals surface area contributed by atoms with Crippen LogP contribution in [0.15, 0.2) is 48.7 Å². The van der Waals surface area contributed by atoms with E-state index in [1.807, 2.05) is 12.3 Å². The molecule has 1 atom stereocenters. The number of benzene rings is 1. The van der Waals surface area contributed by atoms with Crippen LogP contribution in [0, 0.1) is 0 Å². The Bertz CT molecular complexity index is 524. The van der Waals surface area contributed by atoms with Gasteiger partial charge in [-0.05, 0) is 36.1 Å². The lowest BCUT2D eigenvalue weighted by Crippen LogP contribution is -2.19. The first-order valence-corrected chi connectivity index (χ1v) is 7.07. The van der Waals surface area contributed by atoms with E-state index in [0.29, 0.717) is 11.1 Å². The maximum Gasteiger partial charge on any atom is 0.129 e. The fourth-order valence-corrected chi connectivity index (χ4v) is 2.84. The minimum atomic E-state index is 0.562. The number of hydrogen-bond acceptors (Lipinski definition) is 2. The molecule has 0 saturated carbocycles. The van der Waals surface area contributed by atoms with Crippen molar-refractivity contribution in [1.82, 2.24) is 9.88 Å². The van der Waals surface area contributed by atoms with Gasteiger partial charge in [-0.1, -0.05) is 48.0 Å². The third-order valence-electron chi connectivity index (χ3n) is 3.74. The van der Waals surface area contributed by atoms with Crippen LogP contribution in [0.4, 0.5) is 0 Å². The molecule has 1 unspecified atom stereocenters. The second-order valence-corrected chi connectivity index (χ2v) is 5.51. The van der Waals surface area contributed by atoms with Crippen LogP contribution in [0.1, 0.15) is 23.5 Å². The van der Waals surface area contributed by atoms with Gasteiger partial charge in [0.25, 0.3) is 0 Å². The second kappa shape index (κ2) is 5.72. The maximum atomic E-state index is 5.81. The fourth-order valence-electron chi connectivity index (χ4n) is 2.73. The van der Waals surface area contributed by atoms with E-state index in [0.717, 1.165) is 19.6 Å². The zero-order valence-electron chi connectivity index (χ0n) is 10.8. The molecule has 2 heterocycles. The monoisotopic (exact) mass is 272 g/mol. The molecule has 1 saturated heterocycles. The molecule has 1 fully saturated rings. The first kappa shape index (κ1) is 12.6. The summed E-state index contributed by atoms with van der Waals surface area (Å²) in [5.41, 5.74) is 2.69. The van der Waals surface area contributed by atoms with Gasteiger partial charge in [-0.25, -0.2) is 4.98 Å². The number of likely N-dealkylation sites (tertiary alicyclic amines) is 1. The number of rotatable bonds is 3. The predicted molar refractivity (Wildman–Crippen MR) is 78.3 cm³/mol. The number of nitrogens with zero attached hydrogens (tertiary/aromatic N) is 2. The minimum absolute atomic E-state index is 0.562. The Kier molecular flexibility index (Phi) is 3.81. The van der Waals surface area contributed by atoms with Crippen LogP contribution in [0.25, 0.3) is 0 Å². The van der Waals surface area contributed by atoms with Gasteiger partial charge in [0.2, 0.25) is 0 Å². The molecule has 0 amide bonds. The molecule has 0 aliphatic carbocycles. The fraction of sp³-hybridized carbons (Fsp3) is 0.312. The van der Waals surface area contributed by atoms with Gasteiger partial charge in [-0.2, -0.15) is 0 Å². The third kappa shape index (κ3) is 3.14. The predicted octanol–water partition coefficient (Wildman–Crippen LogP) is 3.72. The van der Waals surface area contributed by atoms with Gasteiger partial charge in [0, 0.05) is 19.3 Å². The van der Waals surface area contributed by atoms with Gasteiger partial charge < -0.3 is 0 Å². The summed E-state index contributed by atoms with van der Waals surface area (Å²) in [5.74, 6) is 0.668. The van der Waals surface area contributed by atoms with Gasteiger partial charge in [0.1, 0.15) is 5.15 Å². The molecular formula is C16H17ClN2. The smallest absolute Gasteiger partial charge is 0.129 e. The molecule has 1 aromatic carbocycles. The van der Waals surface area contributed by atoms with E-state index in [1.54, 1.807) is 0 Å². The highest BCUT2D eigenvalue weighted by Crippen LogP contribution is 2.27. The summed E-state index contributed by atoms with van der Waals surface area (Å²) in [6.07, 6.45) is 3.11. The number of hydrogen-bond donors (Lipinski definition) is 0. The average molecular weight is 273 g/mol. The largest absolute Gasteiger partial charge is 0.298 e. The Morgan fingerprint density at radius 1 is 1.16 bits per heavy atom. The summed E-state index contributed by atoms with van der Waals surface area (Å²) in [6.45, 7) is 3.25. The molecule has 19 heavy (non-hydrogen) atoms. The topological polar surface area (TPSA) is 16.1 Å².